The molecule has 0 spiro atoms. The molecule has 0 aliphatic carbocycles. The summed E-state index contributed by atoms with van der Waals surface area (Å²) in [7, 11) is 1.63. The summed E-state index contributed by atoms with van der Waals surface area (Å²) < 4.78 is 1.83. The van der Waals surface area contributed by atoms with Crippen LogP contribution in [0, 0.1) is 6.92 Å². The van der Waals surface area contributed by atoms with Crippen molar-refractivity contribution in [2.24, 2.45) is 0 Å². The van der Waals surface area contributed by atoms with Crippen LogP contribution < -0.4 is 5.32 Å². The minimum absolute atomic E-state index is 0.115. The minimum Gasteiger partial charge on any atom is -0.355 e. The van der Waals surface area contributed by atoms with Crippen molar-refractivity contribution in [3.8, 4) is 0 Å². The highest BCUT2D eigenvalue weighted by Gasteiger charge is 2.14. The quantitative estimate of drug-likeness (QED) is 0.803. The van der Waals surface area contributed by atoms with Crippen LogP contribution in [0.1, 0.15) is 20.9 Å². The van der Waals surface area contributed by atoms with E-state index in [0.29, 0.717) is 12.1 Å². The molecule has 3 aromatic rings. The van der Waals surface area contributed by atoms with Crippen molar-refractivity contribution in [2.75, 3.05) is 7.05 Å². The number of pyridine rings is 1. The Labute approximate surface area is 120 Å². The van der Waals surface area contributed by atoms with Crippen molar-refractivity contribution >= 4 is 28.3 Å². The standard InChI is InChI=1S/C14H14N4OS/c1-9-6-11(14(19)15-2)12-7-16-18(13(12)17-9)8-10-4-3-5-20-10/h3-7H,8H2,1-2H3,(H,15,19). The van der Waals surface area contributed by atoms with Gasteiger partial charge in [-0.1, -0.05) is 6.07 Å². The molecule has 0 atom stereocenters. The number of rotatable bonds is 3. The van der Waals surface area contributed by atoms with E-state index >= 15 is 0 Å². The number of nitrogens with zero attached hydrogens (tertiary/aromatic N) is 3. The summed E-state index contributed by atoms with van der Waals surface area (Å²) in [4.78, 5) is 17.7. The molecule has 0 aliphatic heterocycles. The molecule has 102 valence electrons. The lowest BCUT2D eigenvalue weighted by molar-refractivity contribution is 0.0964. The second kappa shape index (κ2) is 5.05. The van der Waals surface area contributed by atoms with Crippen LogP contribution in [0.15, 0.2) is 29.8 Å². The van der Waals surface area contributed by atoms with E-state index < -0.39 is 0 Å². The highest BCUT2D eigenvalue weighted by Crippen LogP contribution is 2.20. The number of thiophene rings is 1. The third kappa shape index (κ3) is 2.18. The molecule has 0 aliphatic rings. The van der Waals surface area contributed by atoms with Gasteiger partial charge in [0.05, 0.1) is 23.7 Å². The Morgan fingerprint density at radius 1 is 1.50 bits per heavy atom. The van der Waals surface area contributed by atoms with Crippen molar-refractivity contribution < 1.29 is 4.79 Å². The fraction of sp³-hybridized carbons (Fsp3) is 0.214. The van der Waals surface area contributed by atoms with Crippen molar-refractivity contribution in [2.45, 2.75) is 13.5 Å². The molecule has 0 unspecified atom stereocenters. The van der Waals surface area contributed by atoms with Gasteiger partial charge in [-0.05, 0) is 24.4 Å². The van der Waals surface area contributed by atoms with Crippen LogP contribution in [0.4, 0.5) is 0 Å². The second-order valence-electron chi connectivity index (χ2n) is 4.51. The van der Waals surface area contributed by atoms with Gasteiger partial charge < -0.3 is 5.32 Å². The fourth-order valence-electron chi connectivity index (χ4n) is 2.16. The maximum Gasteiger partial charge on any atom is 0.251 e. The average molecular weight is 286 g/mol. The predicted octanol–water partition coefficient (Wildman–Crippen LogP) is 2.21. The van der Waals surface area contributed by atoms with Gasteiger partial charge in [0.15, 0.2) is 5.65 Å². The molecule has 0 saturated heterocycles. The summed E-state index contributed by atoms with van der Waals surface area (Å²) in [6.45, 7) is 2.55. The van der Waals surface area contributed by atoms with E-state index in [-0.39, 0.29) is 5.91 Å². The molecule has 0 bridgehead atoms. The first-order valence-electron chi connectivity index (χ1n) is 6.26. The average Bonchev–Trinajstić information content (AvgIpc) is 3.08. The Kier molecular flexibility index (Phi) is 3.23. The Bertz CT molecular complexity index is 761. The first kappa shape index (κ1) is 12.8. The molecule has 1 amide bonds. The highest BCUT2D eigenvalue weighted by atomic mass is 32.1. The number of carbonyl (C=O) groups is 1. The normalized spacial score (nSPS) is 10.9. The maximum absolute atomic E-state index is 11.9. The molecule has 3 heterocycles. The molecule has 1 N–H and O–H groups in total. The van der Waals surface area contributed by atoms with Gasteiger partial charge in [-0.2, -0.15) is 5.10 Å². The fourth-order valence-corrected chi connectivity index (χ4v) is 2.85. The molecule has 0 radical (unpaired) electrons. The first-order valence-corrected chi connectivity index (χ1v) is 7.14. The van der Waals surface area contributed by atoms with Gasteiger partial charge >= 0.3 is 0 Å². The van der Waals surface area contributed by atoms with Crippen LogP contribution in [-0.4, -0.2) is 27.7 Å². The topological polar surface area (TPSA) is 59.8 Å². The van der Waals surface area contributed by atoms with E-state index in [9.17, 15) is 4.79 Å². The maximum atomic E-state index is 11.9. The summed E-state index contributed by atoms with van der Waals surface area (Å²) in [6.07, 6.45) is 1.71. The number of nitrogens with one attached hydrogen (secondary N) is 1. The minimum atomic E-state index is -0.115. The number of amides is 1. The van der Waals surface area contributed by atoms with E-state index in [1.54, 1.807) is 30.6 Å². The molecular weight excluding hydrogens is 272 g/mol. The van der Waals surface area contributed by atoms with Crippen LogP contribution in [0.5, 0.6) is 0 Å². The van der Waals surface area contributed by atoms with Crippen LogP contribution >= 0.6 is 11.3 Å². The molecule has 3 aromatic heterocycles. The third-order valence-electron chi connectivity index (χ3n) is 3.09. The van der Waals surface area contributed by atoms with Crippen LogP contribution in [0.25, 0.3) is 11.0 Å². The van der Waals surface area contributed by atoms with Crippen molar-refractivity contribution in [3.05, 3.63) is 45.9 Å². The summed E-state index contributed by atoms with van der Waals surface area (Å²) in [5.74, 6) is -0.115. The summed E-state index contributed by atoms with van der Waals surface area (Å²) in [5.41, 5.74) is 2.17. The van der Waals surface area contributed by atoms with Gasteiger partial charge in [0.25, 0.3) is 5.91 Å². The Morgan fingerprint density at radius 2 is 2.35 bits per heavy atom. The predicted molar refractivity (Wildman–Crippen MR) is 79.1 cm³/mol. The van der Waals surface area contributed by atoms with Gasteiger partial charge in [0.1, 0.15) is 0 Å². The molecule has 0 aromatic carbocycles. The van der Waals surface area contributed by atoms with Crippen LogP contribution in [0.3, 0.4) is 0 Å². The smallest absolute Gasteiger partial charge is 0.251 e. The molecule has 6 heteroatoms. The SMILES string of the molecule is CNC(=O)c1cc(C)nc2c1cnn2Cc1cccs1. The zero-order valence-corrected chi connectivity index (χ0v) is 12.1. The number of hydrogen-bond acceptors (Lipinski definition) is 4. The van der Waals surface area contributed by atoms with E-state index in [4.69, 9.17) is 0 Å². The zero-order valence-electron chi connectivity index (χ0n) is 11.3. The largest absolute Gasteiger partial charge is 0.355 e. The lowest BCUT2D eigenvalue weighted by atomic mass is 10.1. The Morgan fingerprint density at radius 3 is 3.05 bits per heavy atom. The molecule has 5 nitrogen and oxygen atoms in total. The second-order valence-corrected chi connectivity index (χ2v) is 5.54. The van der Waals surface area contributed by atoms with E-state index in [1.165, 1.54) is 4.88 Å². The highest BCUT2D eigenvalue weighted by molar-refractivity contribution is 7.09. The monoisotopic (exact) mass is 286 g/mol. The number of hydrogen-bond donors (Lipinski definition) is 1. The number of aromatic nitrogens is 3. The van der Waals surface area contributed by atoms with Gasteiger partial charge in [-0.3, -0.25) is 4.79 Å². The molecular formula is C14H14N4OS. The van der Waals surface area contributed by atoms with Crippen molar-refractivity contribution in [1.29, 1.82) is 0 Å². The number of aryl methyl sites for hydroxylation is 1. The first-order chi connectivity index (χ1) is 9.69. The molecule has 0 saturated carbocycles. The zero-order chi connectivity index (χ0) is 14.1. The van der Waals surface area contributed by atoms with Gasteiger partial charge in [-0.15, -0.1) is 11.3 Å². The van der Waals surface area contributed by atoms with Crippen LogP contribution in [0.2, 0.25) is 0 Å². The summed E-state index contributed by atoms with van der Waals surface area (Å²) >= 11 is 1.68. The molecule has 0 fully saturated rings. The third-order valence-corrected chi connectivity index (χ3v) is 3.96. The van der Waals surface area contributed by atoms with Gasteiger partial charge in [-0.25, -0.2) is 9.67 Å². The van der Waals surface area contributed by atoms with Crippen LogP contribution in [-0.2, 0) is 6.54 Å². The van der Waals surface area contributed by atoms with Crippen molar-refractivity contribution in [1.82, 2.24) is 20.1 Å². The van der Waals surface area contributed by atoms with E-state index in [2.05, 4.69) is 21.5 Å². The lowest BCUT2D eigenvalue weighted by Crippen LogP contribution is -2.18. The number of fused-ring (bicyclic) bond motifs is 1. The van der Waals surface area contributed by atoms with Gasteiger partial charge in [0.2, 0.25) is 0 Å². The van der Waals surface area contributed by atoms with E-state index in [0.717, 1.165) is 16.7 Å². The molecule has 3 rings (SSSR count). The summed E-state index contributed by atoms with van der Waals surface area (Å²) in [6, 6.07) is 5.87. The van der Waals surface area contributed by atoms with Gasteiger partial charge in [0, 0.05) is 17.6 Å². The Balaban J connectivity index is 2.12. The number of carbonyl (C=O) groups excluding carboxylic acids is 1. The van der Waals surface area contributed by atoms with Crippen molar-refractivity contribution in [3.63, 3.8) is 0 Å². The van der Waals surface area contributed by atoms with E-state index in [1.807, 2.05) is 23.1 Å². The Hall–Kier alpha value is -2.21. The molecule has 20 heavy (non-hydrogen) atoms. The summed E-state index contributed by atoms with van der Waals surface area (Å²) in [5, 5.41) is 9.84. The lowest BCUT2D eigenvalue weighted by Gasteiger charge is -2.05.